The van der Waals surface area contributed by atoms with Gasteiger partial charge < -0.3 is 30.4 Å². The Kier molecular flexibility index (Phi) is 9.50. The second-order valence-electron chi connectivity index (χ2n) is 15.4. The molecule has 260 valence electrons. The van der Waals surface area contributed by atoms with Crippen LogP contribution in [0, 0.1) is 23.2 Å². The summed E-state index contributed by atoms with van der Waals surface area (Å²) in [6.07, 6.45) is 5.86. The van der Waals surface area contributed by atoms with Crippen molar-refractivity contribution in [2.75, 3.05) is 13.6 Å². The molecule has 1 aromatic carbocycles. The molecule has 2 heterocycles. The Morgan fingerprint density at radius 2 is 1.88 bits per heavy atom. The molecule has 0 radical (unpaired) electrons. The summed E-state index contributed by atoms with van der Waals surface area (Å²) in [6.45, 7) is 5.54. The molecule has 7 atom stereocenters. The molecule has 4 fully saturated rings. The van der Waals surface area contributed by atoms with E-state index < -0.39 is 58.7 Å². The number of hydrogen-bond acceptors (Lipinski definition) is 8. The Balaban J connectivity index is 1.24. The number of benzene rings is 1. The Morgan fingerprint density at radius 1 is 1.10 bits per heavy atom. The predicted molar refractivity (Wildman–Crippen MR) is 177 cm³/mol. The summed E-state index contributed by atoms with van der Waals surface area (Å²) in [5, 5.41) is 12.9. The number of nitrogens with zero attached hydrogens (tertiary/aromatic N) is 2. The number of alkyl carbamates (subject to hydrolysis) is 1. The van der Waals surface area contributed by atoms with Crippen LogP contribution >= 0.6 is 11.6 Å². The maximum atomic E-state index is 14.5. The van der Waals surface area contributed by atoms with Crippen LogP contribution in [0.5, 0.6) is 0 Å². The first-order valence-electron chi connectivity index (χ1n) is 17.1. The fourth-order valence-electron chi connectivity index (χ4n) is 7.85. The van der Waals surface area contributed by atoms with Crippen molar-refractivity contribution in [2.24, 2.45) is 28.3 Å². The van der Waals surface area contributed by atoms with Crippen LogP contribution in [0.2, 0.25) is 5.02 Å². The van der Waals surface area contributed by atoms with E-state index in [-0.39, 0.29) is 25.0 Å². The Morgan fingerprint density at radius 3 is 2.50 bits per heavy atom. The number of ketones is 1. The zero-order valence-electron chi connectivity index (χ0n) is 28.1. The van der Waals surface area contributed by atoms with Gasteiger partial charge in [0.15, 0.2) is 5.60 Å². The van der Waals surface area contributed by atoms with Gasteiger partial charge >= 0.3 is 6.09 Å². The minimum absolute atomic E-state index is 0.0177. The molecule has 6 rings (SSSR count). The molecule has 5 aliphatic rings. The van der Waals surface area contributed by atoms with Gasteiger partial charge in [0, 0.05) is 30.5 Å². The summed E-state index contributed by atoms with van der Waals surface area (Å²) in [6, 6.07) is 4.09. The second kappa shape index (κ2) is 13.3. The quantitative estimate of drug-likeness (QED) is 0.318. The summed E-state index contributed by atoms with van der Waals surface area (Å²) in [5.74, 6) is -1.39. The number of fused-ring (bicyclic) bond motifs is 2. The molecule has 4 amide bonds. The number of Topliss-reactive ketones (excluding diaryl/α,β-unsaturated/α-hetero) is 1. The highest BCUT2D eigenvalue weighted by molar-refractivity contribution is 6.38. The number of amides is 4. The van der Waals surface area contributed by atoms with Crippen LogP contribution in [0.1, 0.15) is 84.1 Å². The van der Waals surface area contributed by atoms with Crippen molar-refractivity contribution < 1.29 is 33.5 Å². The Labute approximate surface area is 286 Å². The lowest BCUT2D eigenvalue weighted by molar-refractivity contribution is -0.144. The van der Waals surface area contributed by atoms with Gasteiger partial charge in [-0.05, 0) is 67.4 Å². The number of likely N-dealkylation sites (N-methyl/N-ethyl adjacent to an activating group) is 1. The van der Waals surface area contributed by atoms with Gasteiger partial charge in [0.05, 0.1) is 18.3 Å². The topological polar surface area (TPSA) is 156 Å². The van der Waals surface area contributed by atoms with Crippen molar-refractivity contribution in [3.05, 3.63) is 34.9 Å². The largest absolute Gasteiger partial charge is 0.446 e. The molecule has 48 heavy (non-hydrogen) atoms. The highest BCUT2D eigenvalue weighted by Gasteiger charge is 2.56. The molecule has 3 N–H and O–H groups in total. The number of halogens is 1. The maximum Gasteiger partial charge on any atom is 0.408 e. The van der Waals surface area contributed by atoms with E-state index in [1.807, 2.05) is 32.9 Å². The van der Waals surface area contributed by atoms with E-state index in [9.17, 15) is 24.0 Å². The SMILES string of the molecule is CNC(=O)C(=O)[C@H](CC1CC1)NC(=O)[C@@H]1C[C@]2(CC(c3cccc(Cl)c3)=NO2)CN1C(=O)[C@@H](NC(=O)O[C@@H]1CC2CCC1C2)C(C)(C)C. The van der Waals surface area contributed by atoms with Crippen molar-refractivity contribution in [1.82, 2.24) is 20.9 Å². The van der Waals surface area contributed by atoms with Crippen molar-refractivity contribution in [2.45, 2.75) is 108 Å². The summed E-state index contributed by atoms with van der Waals surface area (Å²) in [5.41, 5.74) is -0.377. The molecule has 12 nitrogen and oxygen atoms in total. The van der Waals surface area contributed by atoms with Crippen LogP contribution in [0.15, 0.2) is 29.4 Å². The molecule has 1 spiro atoms. The molecule has 2 unspecified atom stereocenters. The normalized spacial score (nSPS) is 28.8. The van der Waals surface area contributed by atoms with E-state index in [1.54, 1.807) is 12.1 Å². The molecule has 2 bridgehead atoms. The third-order valence-corrected chi connectivity index (χ3v) is 10.9. The van der Waals surface area contributed by atoms with E-state index in [4.69, 9.17) is 21.2 Å². The minimum atomic E-state index is -1.06. The van der Waals surface area contributed by atoms with Gasteiger partial charge in [-0.1, -0.05) is 62.5 Å². The van der Waals surface area contributed by atoms with E-state index >= 15 is 0 Å². The van der Waals surface area contributed by atoms with Crippen LogP contribution in [-0.2, 0) is 28.8 Å². The predicted octanol–water partition coefficient (Wildman–Crippen LogP) is 3.73. The van der Waals surface area contributed by atoms with Gasteiger partial charge in [0.1, 0.15) is 18.2 Å². The van der Waals surface area contributed by atoms with Crippen LogP contribution in [0.25, 0.3) is 0 Å². The van der Waals surface area contributed by atoms with Crippen molar-refractivity contribution >= 4 is 46.9 Å². The lowest BCUT2D eigenvalue weighted by Crippen LogP contribution is -2.59. The Bertz CT molecular complexity index is 1510. The van der Waals surface area contributed by atoms with E-state index in [1.165, 1.54) is 11.9 Å². The summed E-state index contributed by atoms with van der Waals surface area (Å²) >= 11 is 6.24. The number of rotatable bonds is 10. The first-order chi connectivity index (χ1) is 22.7. The average Bonchev–Trinajstić information content (AvgIpc) is 3.38. The molecule has 2 aliphatic heterocycles. The molecule has 3 aliphatic carbocycles. The van der Waals surface area contributed by atoms with Gasteiger partial charge in [0.25, 0.3) is 5.91 Å². The molecular weight excluding hydrogens is 638 g/mol. The van der Waals surface area contributed by atoms with Crippen molar-refractivity contribution in [3.8, 4) is 0 Å². The molecule has 0 aromatic heterocycles. The molecular formula is C35H46ClN5O7. The molecule has 1 aromatic rings. The van der Waals surface area contributed by atoms with E-state index in [0.717, 1.165) is 44.1 Å². The fourth-order valence-corrected chi connectivity index (χ4v) is 8.04. The molecule has 1 saturated heterocycles. The minimum Gasteiger partial charge on any atom is -0.446 e. The number of nitrogens with one attached hydrogen (secondary N) is 3. The first kappa shape index (κ1) is 34.2. The van der Waals surface area contributed by atoms with Gasteiger partial charge in [-0.3, -0.25) is 19.2 Å². The third-order valence-electron chi connectivity index (χ3n) is 10.6. The van der Waals surface area contributed by atoms with Crippen molar-refractivity contribution in [1.29, 1.82) is 0 Å². The van der Waals surface area contributed by atoms with Crippen LogP contribution in [0.3, 0.4) is 0 Å². The zero-order chi connectivity index (χ0) is 34.4. The highest BCUT2D eigenvalue weighted by Crippen LogP contribution is 2.46. The first-order valence-corrected chi connectivity index (χ1v) is 17.5. The summed E-state index contributed by atoms with van der Waals surface area (Å²) in [4.78, 5) is 74.7. The van der Waals surface area contributed by atoms with Crippen molar-refractivity contribution in [3.63, 3.8) is 0 Å². The lowest BCUT2D eigenvalue weighted by Gasteiger charge is -2.36. The van der Waals surface area contributed by atoms with Crippen LogP contribution in [0.4, 0.5) is 4.79 Å². The second-order valence-corrected chi connectivity index (χ2v) is 15.9. The number of hydrogen-bond donors (Lipinski definition) is 3. The fraction of sp³-hybridized carbons (Fsp3) is 0.657. The highest BCUT2D eigenvalue weighted by atomic mass is 35.5. The number of carbonyl (C=O) groups excluding carboxylic acids is 5. The van der Waals surface area contributed by atoms with Crippen LogP contribution < -0.4 is 16.0 Å². The maximum absolute atomic E-state index is 14.5. The molecule has 3 saturated carbocycles. The van der Waals surface area contributed by atoms with Crippen LogP contribution in [-0.4, -0.2) is 83.6 Å². The van der Waals surface area contributed by atoms with Gasteiger partial charge in [-0.15, -0.1) is 0 Å². The lowest BCUT2D eigenvalue weighted by atomic mass is 9.85. The monoisotopic (exact) mass is 683 g/mol. The van der Waals surface area contributed by atoms with E-state index in [0.29, 0.717) is 35.4 Å². The smallest absolute Gasteiger partial charge is 0.408 e. The number of ether oxygens (including phenoxy) is 1. The van der Waals surface area contributed by atoms with E-state index in [2.05, 4.69) is 21.1 Å². The standard InChI is InChI=1S/C35H46ClN5O7/c1-34(2,3)29(39-33(46)47-27-14-20-10-11-22(27)12-20)32(45)41-18-35(16-25(40-48-35)21-6-5-7-23(36)15-21)17-26(41)30(43)38-24(13-19-8-9-19)28(42)31(44)37-4/h5-7,15,19-20,22,24,26-27,29H,8-14,16-18H2,1-4H3,(H,37,44)(H,38,43)(H,39,46)/t20?,22?,24-,26-,27+,29+,35+/m0/s1. The summed E-state index contributed by atoms with van der Waals surface area (Å²) < 4.78 is 5.85. The number of oxime groups is 1. The summed E-state index contributed by atoms with van der Waals surface area (Å²) in [7, 11) is 1.37. The van der Waals surface area contributed by atoms with Gasteiger partial charge in [-0.25, -0.2) is 4.79 Å². The van der Waals surface area contributed by atoms with Gasteiger partial charge in [0.2, 0.25) is 17.6 Å². The zero-order valence-corrected chi connectivity index (χ0v) is 28.8. The third kappa shape index (κ3) is 7.33. The molecule has 13 heteroatoms. The number of likely N-dealkylation sites (tertiary alicyclic amines) is 1. The number of carbonyl (C=O) groups is 5. The van der Waals surface area contributed by atoms with Gasteiger partial charge in [-0.2, -0.15) is 0 Å². The Hall–Kier alpha value is -3.67. The average molecular weight is 684 g/mol.